The molecule has 1 heterocycles. The molecule has 0 saturated carbocycles. The van der Waals surface area contributed by atoms with E-state index in [1.807, 2.05) is 6.92 Å². The third-order valence-corrected chi connectivity index (χ3v) is 2.20. The second-order valence-electron chi connectivity index (χ2n) is 3.13. The summed E-state index contributed by atoms with van der Waals surface area (Å²) in [5.41, 5.74) is 0. The number of thiocarbonyl (C=S) groups is 1. The lowest BCUT2D eigenvalue weighted by atomic mass is 10.1. The molecule has 1 aliphatic heterocycles. The van der Waals surface area contributed by atoms with Crippen molar-refractivity contribution in [2.75, 3.05) is 26.7 Å². The number of morpholine rings is 1. The van der Waals surface area contributed by atoms with Gasteiger partial charge >= 0.3 is 0 Å². The van der Waals surface area contributed by atoms with E-state index < -0.39 is 0 Å². The Bertz CT molecular complexity index is 191. The fraction of sp³-hybridized carbons (Fsp3) is 0.875. The molecule has 1 rings (SSSR count). The summed E-state index contributed by atoms with van der Waals surface area (Å²) in [6, 6.07) is 0.130. The van der Waals surface area contributed by atoms with Crippen LogP contribution in [0.4, 0.5) is 0 Å². The summed E-state index contributed by atoms with van der Waals surface area (Å²) in [5.74, 6) is 0. The standard InChI is InChI=1S/C8H14N2OS/c1-7(9-6-12)8-5-10(2)3-4-11-8/h7-8H,3-5H2,1-2H3/t7-,8?/m0/s1. The molecule has 1 saturated heterocycles. The average molecular weight is 186 g/mol. The van der Waals surface area contributed by atoms with Gasteiger partial charge in [-0.25, -0.2) is 4.99 Å². The summed E-state index contributed by atoms with van der Waals surface area (Å²) >= 11 is 4.54. The Kier molecular flexibility index (Phi) is 3.82. The monoisotopic (exact) mass is 186 g/mol. The number of ether oxygens (including phenoxy) is 1. The lowest BCUT2D eigenvalue weighted by molar-refractivity contribution is -0.0285. The second kappa shape index (κ2) is 4.67. The van der Waals surface area contributed by atoms with Gasteiger partial charge in [-0.3, -0.25) is 0 Å². The Hall–Kier alpha value is -0.280. The number of hydrogen-bond donors (Lipinski definition) is 0. The van der Waals surface area contributed by atoms with Gasteiger partial charge in [-0.15, -0.1) is 0 Å². The van der Waals surface area contributed by atoms with Gasteiger partial charge in [-0.2, -0.15) is 0 Å². The van der Waals surface area contributed by atoms with Crippen LogP contribution in [0.5, 0.6) is 0 Å². The Balaban J connectivity index is 2.44. The van der Waals surface area contributed by atoms with Crippen LogP contribution in [0.3, 0.4) is 0 Å². The average Bonchev–Trinajstić information content (AvgIpc) is 2.05. The van der Waals surface area contributed by atoms with Gasteiger partial charge in [0.05, 0.1) is 23.9 Å². The maximum atomic E-state index is 5.54. The number of likely N-dealkylation sites (N-methyl/N-ethyl adjacent to an activating group) is 1. The van der Waals surface area contributed by atoms with E-state index in [0.717, 1.165) is 19.7 Å². The van der Waals surface area contributed by atoms with Crippen molar-refractivity contribution in [3.8, 4) is 0 Å². The molecule has 0 aliphatic carbocycles. The first kappa shape index (κ1) is 9.81. The van der Waals surface area contributed by atoms with Crippen molar-refractivity contribution in [1.82, 2.24) is 4.90 Å². The maximum Gasteiger partial charge on any atom is 0.0930 e. The van der Waals surface area contributed by atoms with Crippen LogP contribution in [0, 0.1) is 0 Å². The van der Waals surface area contributed by atoms with Gasteiger partial charge in [0.25, 0.3) is 0 Å². The molecule has 0 aromatic carbocycles. The van der Waals surface area contributed by atoms with E-state index in [4.69, 9.17) is 4.74 Å². The van der Waals surface area contributed by atoms with Gasteiger partial charge in [0.1, 0.15) is 0 Å². The van der Waals surface area contributed by atoms with Crippen molar-refractivity contribution in [2.45, 2.75) is 19.1 Å². The highest BCUT2D eigenvalue weighted by atomic mass is 32.1. The SMILES string of the molecule is C[C@H](N=C=S)C1CN(C)CCO1. The van der Waals surface area contributed by atoms with Crippen molar-refractivity contribution in [1.29, 1.82) is 0 Å². The Morgan fingerprint density at radius 3 is 3.08 bits per heavy atom. The van der Waals surface area contributed by atoms with E-state index in [1.54, 1.807) is 0 Å². The molecule has 4 heteroatoms. The number of isothiocyanates is 1. The van der Waals surface area contributed by atoms with Gasteiger partial charge in [0.2, 0.25) is 0 Å². The first-order valence-corrected chi connectivity index (χ1v) is 4.52. The van der Waals surface area contributed by atoms with Crippen LogP contribution >= 0.6 is 12.2 Å². The number of hydrogen-bond acceptors (Lipinski definition) is 4. The van der Waals surface area contributed by atoms with Crippen LogP contribution in [0.15, 0.2) is 4.99 Å². The van der Waals surface area contributed by atoms with Crippen LogP contribution in [0.2, 0.25) is 0 Å². The van der Waals surface area contributed by atoms with E-state index in [0.29, 0.717) is 0 Å². The van der Waals surface area contributed by atoms with Crippen molar-refractivity contribution >= 4 is 17.4 Å². The zero-order chi connectivity index (χ0) is 8.97. The first-order valence-electron chi connectivity index (χ1n) is 4.11. The second-order valence-corrected chi connectivity index (χ2v) is 3.32. The number of nitrogens with zero attached hydrogens (tertiary/aromatic N) is 2. The van der Waals surface area contributed by atoms with Crippen LogP contribution < -0.4 is 0 Å². The molecule has 0 aromatic heterocycles. The van der Waals surface area contributed by atoms with Crippen molar-refractivity contribution in [2.24, 2.45) is 4.99 Å². The predicted molar refractivity (Wildman–Crippen MR) is 51.7 cm³/mol. The van der Waals surface area contributed by atoms with Gasteiger partial charge in [0, 0.05) is 13.1 Å². The molecule has 1 unspecified atom stereocenters. The molecular formula is C8H14N2OS. The van der Waals surface area contributed by atoms with Crippen molar-refractivity contribution in [3.63, 3.8) is 0 Å². The molecule has 0 N–H and O–H groups in total. The minimum Gasteiger partial charge on any atom is -0.373 e. The summed E-state index contributed by atoms with van der Waals surface area (Å²) in [6.45, 7) is 4.73. The molecule has 68 valence electrons. The smallest absolute Gasteiger partial charge is 0.0930 e. The molecule has 1 fully saturated rings. The van der Waals surface area contributed by atoms with Crippen molar-refractivity contribution < 1.29 is 4.74 Å². The van der Waals surface area contributed by atoms with Crippen LogP contribution in [-0.4, -0.2) is 49.0 Å². The molecule has 2 atom stereocenters. The molecule has 0 radical (unpaired) electrons. The summed E-state index contributed by atoms with van der Waals surface area (Å²) < 4.78 is 5.54. The van der Waals surface area contributed by atoms with E-state index in [-0.39, 0.29) is 12.1 Å². The molecule has 0 spiro atoms. The third kappa shape index (κ3) is 2.64. The van der Waals surface area contributed by atoms with Gasteiger partial charge in [0.15, 0.2) is 0 Å². The van der Waals surface area contributed by atoms with E-state index in [9.17, 15) is 0 Å². The highest BCUT2D eigenvalue weighted by Crippen LogP contribution is 2.09. The molecular weight excluding hydrogens is 172 g/mol. The molecule has 1 aliphatic rings. The van der Waals surface area contributed by atoms with E-state index >= 15 is 0 Å². The number of rotatable bonds is 2. The van der Waals surface area contributed by atoms with Gasteiger partial charge in [-0.05, 0) is 26.2 Å². The normalized spacial score (nSPS) is 27.7. The predicted octanol–water partition coefficient (Wildman–Crippen LogP) is 0.808. The molecule has 0 amide bonds. The highest BCUT2D eigenvalue weighted by Gasteiger charge is 2.22. The quantitative estimate of drug-likeness (QED) is 0.471. The topological polar surface area (TPSA) is 24.8 Å². The molecule has 0 aromatic rings. The molecule has 3 nitrogen and oxygen atoms in total. The zero-order valence-electron chi connectivity index (χ0n) is 7.49. The first-order chi connectivity index (χ1) is 5.74. The Morgan fingerprint density at radius 1 is 1.75 bits per heavy atom. The summed E-state index contributed by atoms with van der Waals surface area (Å²) in [5, 5.41) is 2.39. The fourth-order valence-electron chi connectivity index (χ4n) is 1.27. The van der Waals surface area contributed by atoms with Crippen LogP contribution in [-0.2, 0) is 4.74 Å². The largest absolute Gasteiger partial charge is 0.373 e. The lowest BCUT2D eigenvalue weighted by Gasteiger charge is -2.31. The summed E-state index contributed by atoms with van der Waals surface area (Å²) in [7, 11) is 2.09. The zero-order valence-corrected chi connectivity index (χ0v) is 8.30. The van der Waals surface area contributed by atoms with Crippen LogP contribution in [0.25, 0.3) is 0 Å². The summed E-state index contributed by atoms with van der Waals surface area (Å²) in [6.07, 6.45) is 0.180. The Morgan fingerprint density at radius 2 is 2.50 bits per heavy atom. The number of aliphatic imine (C=N–C) groups is 1. The van der Waals surface area contributed by atoms with Gasteiger partial charge in [-0.1, -0.05) is 0 Å². The molecule has 12 heavy (non-hydrogen) atoms. The lowest BCUT2D eigenvalue weighted by Crippen LogP contribution is -2.44. The van der Waals surface area contributed by atoms with Gasteiger partial charge < -0.3 is 9.64 Å². The van der Waals surface area contributed by atoms with E-state index in [1.165, 1.54) is 0 Å². The van der Waals surface area contributed by atoms with Crippen molar-refractivity contribution in [3.05, 3.63) is 0 Å². The maximum absolute atomic E-state index is 5.54. The molecule has 0 bridgehead atoms. The highest BCUT2D eigenvalue weighted by molar-refractivity contribution is 7.78. The fourth-order valence-corrected chi connectivity index (χ4v) is 1.44. The third-order valence-electron chi connectivity index (χ3n) is 2.09. The summed E-state index contributed by atoms with van der Waals surface area (Å²) in [4.78, 5) is 6.24. The minimum absolute atomic E-state index is 0.130. The van der Waals surface area contributed by atoms with Crippen LogP contribution in [0.1, 0.15) is 6.92 Å². The Labute approximate surface area is 78.4 Å². The van der Waals surface area contributed by atoms with E-state index in [2.05, 4.69) is 34.3 Å². The minimum atomic E-state index is 0.130.